The minimum Gasteiger partial charge on any atom is -0.352 e. The van der Waals surface area contributed by atoms with Gasteiger partial charge in [0, 0.05) is 25.1 Å². The third-order valence-corrected chi connectivity index (χ3v) is 2.73. The Bertz CT molecular complexity index is 437. The Balaban J connectivity index is 2.84. The Morgan fingerprint density at radius 2 is 2.11 bits per heavy atom. The molecule has 0 bridgehead atoms. The molecule has 1 aromatic heterocycles. The quantitative estimate of drug-likeness (QED) is 0.812. The van der Waals surface area contributed by atoms with E-state index in [2.05, 4.69) is 15.3 Å². The Labute approximate surface area is 119 Å². The topological polar surface area (TPSA) is 58.1 Å². The van der Waals surface area contributed by atoms with E-state index < -0.39 is 0 Å². The zero-order valence-electron chi connectivity index (χ0n) is 11.9. The van der Waals surface area contributed by atoms with Crippen LogP contribution in [0.3, 0.4) is 0 Å². The zero-order valence-corrected chi connectivity index (χ0v) is 12.7. The molecule has 106 valence electrons. The van der Waals surface area contributed by atoms with Gasteiger partial charge in [0.25, 0.3) is 0 Å². The first-order valence-corrected chi connectivity index (χ1v) is 6.91. The molecular weight excluding hydrogens is 264 g/mol. The van der Waals surface area contributed by atoms with E-state index in [0.29, 0.717) is 29.8 Å². The first-order chi connectivity index (χ1) is 8.96. The minimum absolute atomic E-state index is 0.0235. The van der Waals surface area contributed by atoms with E-state index >= 15 is 0 Å². The van der Waals surface area contributed by atoms with Crippen molar-refractivity contribution in [2.24, 2.45) is 0 Å². The second-order valence-corrected chi connectivity index (χ2v) is 4.94. The molecule has 0 aliphatic carbocycles. The molecule has 1 heterocycles. The molecule has 1 aromatic rings. The summed E-state index contributed by atoms with van der Waals surface area (Å²) in [7, 11) is 0. The summed E-state index contributed by atoms with van der Waals surface area (Å²) < 4.78 is 0. The summed E-state index contributed by atoms with van der Waals surface area (Å²) >= 11 is 5.97. The van der Waals surface area contributed by atoms with E-state index in [1.807, 2.05) is 32.6 Å². The van der Waals surface area contributed by atoms with Crippen LogP contribution in [-0.2, 0) is 11.2 Å². The third-order valence-electron chi connectivity index (χ3n) is 2.53. The van der Waals surface area contributed by atoms with Gasteiger partial charge in [0.15, 0.2) is 0 Å². The lowest BCUT2D eigenvalue weighted by Crippen LogP contribution is -2.40. The Morgan fingerprint density at radius 3 is 2.63 bits per heavy atom. The van der Waals surface area contributed by atoms with Crippen molar-refractivity contribution in [1.29, 1.82) is 0 Å². The van der Waals surface area contributed by atoms with Crippen LogP contribution in [0.25, 0.3) is 0 Å². The summed E-state index contributed by atoms with van der Waals surface area (Å²) in [4.78, 5) is 22.2. The summed E-state index contributed by atoms with van der Waals surface area (Å²) in [5, 5.41) is 3.27. The highest BCUT2D eigenvalue weighted by molar-refractivity contribution is 6.29. The number of nitrogens with zero attached hydrogens (tertiary/aromatic N) is 3. The lowest BCUT2D eigenvalue weighted by Gasteiger charge is -2.22. The zero-order chi connectivity index (χ0) is 14.4. The number of likely N-dealkylation sites (N-methyl/N-ethyl adjacent to an activating group) is 1. The van der Waals surface area contributed by atoms with E-state index in [-0.39, 0.29) is 18.5 Å². The molecule has 1 rings (SSSR count). The summed E-state index contributed by atoms with van der Waals surface area (Å²) in [5.74, 6) is 1.35. The average molecular weight is 285 g/mol. The number of amides is 1. The molecule has 0 saturated carbocycles. The largest absolute Gasteiger partial charge is 0.352 e. The molecule has 0 unspecified atom stereocenters. The maximum atomic E-state index is 11.8. The molecular formula is C13H21ClN4O. The lowest BCUT2D eigenvalue weighted by molar-refractivity contribution is -0.120. The Kier molecular flexibility index (Phi) is 6.02. The van der Waals surface area contributed by atoms with Gasteiger partial charge in [-0.1, -0.05) is 18.5 Å². The minimum atomic E-state index is -0.0235. The first-order valence-electron chi connectivity index (χ1n) is 6.54. The average Bonchev–Trinajstić information content (AvgIpc) is 2.34. The standard InChI is InChI=1S/C13H21ClN4O/c1-5-11-16-10(14)7-12(17-11)18(6-2)8-13(19)15-9(3)4/h7,9H,5-6,8H2,1-4H3,(H,15,19). The van der Waals surface area contributed by atoms with Gasteiger partial charge in [0.2, 0.25) is 5.91 Å². The van der Waals surface area contributed by atoms with Crippen LogP contribution in [0.4, 0.5) is 5.82 Å². The molecule has 0 aliphatic rings. The smallest absolute Gasteiger partial charge is 0.239 e. The van der Waals surface area contributed by atoms with Gasteiger partial charge in [-0.05, 0) is 20.8 Å². The fraction of sp³-hybridized carbons (Fsp3) is 0.615. The molecule has 1 amide bonds. The van der Waals surface area contributed by atoms with Crippen LogP contribution in [0.2, 0.25) is 5.15 Å². The summed E-state index contributed by atoms with van der Waals surface area (Å²) in [5.41, 5.74) is 0. The molecule has 0 saturated heterocycles. The molecule has 5 nitrogen and oxygen atoms in total. The van der Waals surface area contributed by atoms with Crippen molar-refractivity contribution in [3.63, 3.8) is 0 Å². The van der Waals surface area contributed by atoms with Crippen molar-refractivity contribution in [3.05, 3.63) is 17.0 Å². The molecule has 1 N–H and O–H groups in total. The molecule has 19 heavy (non-hydrogen) atoms. The summed E-state index contributed by atoms with van der Waals surface area (Å²) in [6, 6.07) is 1.82. The highest BCUT2D eigenvalue weighted by Gasteiger charge is 2.13. The van der Waals surface area contributed by atoms with Crippen molar-refractivity contribution in [1.82, 2.24) is 15.3 Å². The molecule has 0 aromatic carbocycles. The van der Waals surface area contributed by atoms with Crippen LogP contribution in [0.15, 0.2) is 6.07 Å². The Hall–Kier alpha value is -1.36. The maximum absolute atomic E-state index is 11.8. The van der Waals surface area contributed by atoms with Gasteiger partial charge in [0.05, 0.1) is 6.54 Å². The number of aryl methyl sites for hydroxylation is 1. The van der Waals surface area contributed by atoms with E-state index in [0.717, 1.165) is 0 Å². The maximum Gasteiger partial charge on any atom is 0.239 e. The molecule has 0 fully saturated rings. The molecule has 0 atom stereocenters. The van der Waals surface area contributed by atoms with Gasteiger partial charge < -0.3 is 10.2 Å². The van der Waals surface area contributed by atoms with Gasteiger partial charge in [-0.2, -0.15) is 0 Å². The second kappa shape index (κ2) is 7.28. The first kappa shape index (κ1) is 15.7. The molecule has 0 aliphatic heterocycles. The predicted molar refractivity (Wildman–Crippen MR) is 77.6 cm³/mol. The number of halogens is 1. The van der Waals surface area contributed by atoms with E-state index in [1.165, 1.54) is 0 Å². The fourth-order valence-corrected chi connectivity index (χ4v) is 1.86. The number of carbonyl (C=O) groups excluding carboxylic acids is 1. The Morgan fingerprint density at radius 1 is 1.42 bits per heavy atom. The molecule has 0 radical (unpaired) electrons. The highest BCUT2D eigenvalue weighted by Crippen LogP contribution is 2.16. The van der Waals surface area contributed by atoms with Gasteiger partial charge >= 0.3 is 0 Å². The van der Waals surface area contributed by atoms with Crippen LogP contribution in [-0.4, -0.2) is 35.0 Å². The van der Waals surface area contributed by atoms with Crippen LogP contribution in [0.5, 0.6) is 0 Å². The van der Waals surface area contributed by atoms with E-state index in [9.17, 15) is 4.79 Å². The number of rotatable bonds is 6. The van der Waals surface area contributed by atoms with Gasteiger partial charge in [0.1, 0.15) is 16.8 Å². The molecule has 0 spiro atoms. The van der Waals surface area contributed by atoms with Crippen LogP contribution in [0, 0.1) is 0 Å². The highest BCUT2D eigenvalue weighted by atomic mass is 35.5. The SMILES string of the molecule is CCc1nc(Cl)cc(N(CC)CC(=O)NC(C)C)n1. The van der Waals surface area contributed by atoms with Crippen molar-refractivity contribution in [2.75, 3.05) is 18.0 Å². The molecule has 6 heteroatoms. The third kappa shape index (κ3) is 5.03. The van der Waals surface area contributed by atoms with Crippen LogP contribution in [0.1, 0.15) is 33.5 Å². The monoisotopic (exact) mass is 284 g/mol. The van der Waals surface area contributed by atoms with Gasteiger partial charge in [-0.15, -0.1) is 0 Å². The van der Waals surface area contributed by atoms with Gasteiger partial charge in [-0.25, -0.2) is 9.97 Å². The number of carbonyl (C=O) groups is 1. The fourth-order valence-electron chi connectivity index (χ4n) is 1.67. The van der Waals surface area contributed by atoms with Crippen molar-refractivity contribution in [3.8, 4) is 0 Å². The normalized spacial score (nSPS) is 10.6. The van der Waals surface area contributed by atoms with E-state index in [4.69, 9.17) is 11.6 Å². The summed E-state index contributed by atoms with van der Waals surface area (Å²) in [6.07, 6.45) is 0.712. The van der Waals surface area contributed by atoms with E-state index in [1.54, 1.807) is 6.07 Å². The number of anilines is 1. The van der Waals surface area contributed by atoms with Crippen LogP contribution < -0.4 is 10.2 Å². The number of aromatic nitrogens is 2. The lowest BCUT2D eigenvalue weighted by atomic mass is 10.3. The van der Waals surface area contributed by atoms with Crippen molar-refractivity contribution >= 4 is 23.3 Å². The van der Waals surface area contributed by atoms with Gasteiger partial charge in [-0.3, -0.25) is 4.79 Å². The number of nitrogens with one attached hydrogen (secondary N) is 1. The number of hydrogen-bond donors (Lipinski definition) is 1. The van der Waals surface area contributed by atoms with Crippen molar-refractivity contribution < 1.29 is 4.79 Å². The van der Waals surface area contributed by atoms with Crippen molar-refractivity contribution in [2.45, 2.75) is 40.2 Å². The number of hydrogen-bond acceptors (Lipinski definition) is 4. The summed E-state index contributed by atoms with van der Waals surface area (Å²) in [6.45, 7) is 8.77. The second-order valence-electron chi connectivity index (χ2n) is 4.56. The predicted octanol–water partition coefficient (Wildman–Crippen LogP) is 2.04. The van der Waals surface area contributed by atoms with Crippen LogP contribution >= 0.6 is 11.6 Å².